The van der Waals surface area contributed by atoms with Crippen molar-refractivity contribution < 1.29 is 9.53 Å². The van der Waals surface area contributed by atoms with Gasteiger partial charge < -0.3 is 15.4 Å². The molecule has 0 aliphatic carbocycles. The van der Waals surface area contributed by atoms with Crippen LogP contribution in [0.25, 0.3) is 0 Å². The summed E-state index contributed by atoms with van der Waals surface area (Å²) < 4.78 is 5.60. The SMILES string of the molecule is CN(Cc1ccccc1N)C(=O)CC1CCCCO1. The molecule has 0 bridgehead atoms. The number of nitrogens with two attached hydrogens (primary N) is 1. The average molecular weight is 262 g/mol. The first kappa shape index (κ1) is 13.9. The van der Waals surface area contributed by atoms with E-state index < -0.39 is 0 Å². The highest BCUT2D eigenvalue weighted by molar-refractivity contribution is 5.76. The number of hydrogen-bond acceptors (Lipinski definition) is 3. The number of para-hydroxylation sites is 1. The maximum Gasteiger partial charge on any atom is 0.225 e. The number of amides is 1. The van der Waals surface area contributed by atoms with Crippen molar-refractivity contribution in [1.82, 2.24) is 4.90 Å². The highest BCUT2D eigenvalue weighted by Gasteiger charge is 2.20. The van der Waals surface area contributed by atoms with Crippen LogP contribution in [0, 0.1) is 0 Å². The van der Waals surface area contributed by atoms with Gasteiger partial charge in [-0.3, -0.25) is 4.79 Å². The lowest BCUT2D eigenvalue weighted by Crippen LogP contribution is -2.32. The number of benzene rings is 1. The van der Waals surface area contributed by atoms with Crippen molar-refractivity contribution in [1.29, 1.82) is 0 Å². The molecule has 1 heterocycles. The molecular formula is C15H22N2O2. The van der Waals surface area contributed by atoms with Crippen LogP contribution in [0.15, 0.2) is 24.3 Å². The molecule has 0 saturated carbocycles. The summed E-state index contributed by atoms with van der Waals surface area (Å²) in [6, 6.07) is 7.65. The molecule has 4 nitrogen and oxygen atoms in total. The van der Waals surface area contributed by atoms with Gasteiger partial charge in [0.1, 0.15) is 0 Å². The van der Waals surface area contributed by atoms with Crippen LogP contribution in [-0.2, 0) is 16.1 Å². The van der Waals surface area contributed by atoms with Crippen molar-refractivity contribution in [3.8, 4) is 0 Å². The Morgan fingerprint density at radius 2 is 2.21 bits per heavy atom. The smallest absolute Gasteiger partial charge is 0.225 e. The third-order valence-corrected chi connectivity index (χ3v) is 3.56. The number of hydrogen-bond donors (Lipinski definition) is 1. The minimum absolute atomic E-state index is 0.0943. The predicted octanol–water partition coefficient (Wildman–Crippen LogP) is 2.19. The Balaban J connectivity index is 1.87. The lowest BCUT2D eigenvalue weighted by molar-refractivity contribution is -0.134. The fourth-order valence-electron chi connectivity index (χ4n) is 2.34. The maximum atomic E-state index is 12.1. The van der Waals surface area contributed by atoms with Gasteiger partial charge in [0.05, 0.1) is 12.5 Å². The molecule has 0 spiro atoms. The number of carbonyl (C=O) groups excluding carboxylic acids is 1. The van der Waals surface area contributed by atoms with E-state index in [1.165, 1.54) is 0 Å². The van der Waals surface area contributed by atoms with E-state index in [2.05, 4.69) is 0 Å². The zero-order chi connectivity index (χ0) is 13.7. The van der Waals surface area contributed by atoms with Crippen LogP contribution in [0.2, 0.25) is 0 Å². The fourth-order valence-corrected chi connectivity index (χ4v) is 2.34. The van der Waals surface area contributed by atoms with Crippen LogP contribution in [0.5, 0.6) is 0 Å². The minimum atomic E-state index is 0.0943. The van der Waals surface area contributed by atoms with Crippen molar-refractivity contribution in [3.05, 3.63) is 29.8 Å². The number of nitrogens with zero attached hydrogens (tertiary/aromatic N) is 1. The highest BCUT2D eigenvalue weighted by atomic mass is 16.5. The molecule has 104 valence electrons. The summed E-state index contributed by atoms with van der Waals surface area (Å²) in [5.74, 6) is 0.121. The zero-order valence-electron chi connectivity index (χ0n) is 11.5. The van der Waals surface area contributed by atoms with Crippen LogP contribution >= 0.6 is 0 Å². The molecule has 1 unspecified atom stereocenters. The van der Waals surface area contributed by atoms with E-state index in [4.69, 9.17) is 10.5 Å². The molecule has 2 N–H and O–H groups in total. The van der Waals surface area contributed by atoms with Crippen molar-refractivity contribution in [2.24, 2.45) is 0 Å². The van der Waals surface area contributed by atoms with Crippen molar-refractivity contribution in [2.75, 3.05) is 19.4 Å². The van der Waals surface area contributed by atoms with Crippen molar-refractivity contribution in [2.45, 2.75) is 38.3 Å². The largest absolute Gasteiger partial charge is 0.398 e. The second-order valence-corrected chi connectivity index (χ2v) is 5.14. The molecule has 1 aromatic carbocycles. The Bertz CT molecular complexity index is 428. The Labute approximate surface area is 114 Å². The minimum Gasteiger partial charge on any atom is -0.398 e. The first-order valence-corrected chi connectivity index (χ1v) is 6.86. The standard InChI is InChI=1S/C15H22N2O2/c1-17(11-12-6-2-3-8-14(12)16)15(18)10-13-7-4-5-9-19-13/h2-3,6,8,13H,4-5,7,9-11,16H2,1H3. The van der Waals surface area contributed by atoms with Gasteiger partial charge in [0.15, 0.2) is 0 Å². The van der Waals surface area contributed by atoms with Gasteiger partial charge in [0.25, 0.3) is 0 Å². The number of ether oxygens (including phenoxy) is 1. The molecule has 4 heteroatoms. The first-order valence-electron chi connectivity index (χ1n) is 6.86. The van der Waals surface area contributed by atoms with Gasteiger partial charge in [0, 0.05) is 25.9 Å². The van der Waals surface area contributed by atoms with E-state index in [0.717, 1.165) is 37.1 Å². The Morgan fingerprint density at radius 1 is 1.42 bits per heavy atom. The topological polar surface area (TPSA) is 55.6 Å². The van der Waals surface area contributed by atoms with Crippen LogP contribution in [0.4, 0.5) is 5.69 Å². The second kappa shape index (κ2) is 6.57. The van der Waals surface area contributed by atoms with Gasteiger partial charge in [-0.25, -0.2) is 0 Å². The van der Waals surface area contributed by atoms with E-state index in [-0.39, 0.29) is 12.0 Å². The second-order valence-electron chi connectivity index (χ2n) is 5.14. The molecule has 1 aromatic rings. The molecule has 0 aromatic heterocycles. The Hall–Kier alpha value is -1.55. The summed E-state index contributed by atoms with van der Waals surface area (Å²) in [6.07, 6.45) is 3.84. The monoisotopic (exact) mass is 262 g/mol. The number of nitrogen functional groups attached to an aromatic ring is 1. The quantitative estimate of drug-likeness (QED) is 0.846. The average Bonchev–Trinajstić information content (AvgIpc) is 2.42. The van der Waals surface area contributed by atoms with Gasteiger partial charge in [-0.2, -0.15) is 0 Å². The molecular weight excluding hydrogens is 240 g/mol. The van der Waals surface area contributed by atoms with Crippen LogP contribution in [0.3, 0.4) is 0 Å². The van der Waals surface area contributed by atoms with Gasteiger partial charge in [-0.05, 0) is 30.9 Å². The van der Waals surface area contributed by atoms with Gasteiger partial charge in [-0.15, -0.1) is 0 Å². The highest BCUT2D eigenvalue weighted by Crippen LogP contribution is 2.18. The lowest BCUT2D eigenvalue weighted by Gasteiger charge is -2.25. The summed E-state index contributed by atoms with van der Waals surface area (Å²) in [5, 5.41) is 0. The summed E-state index contributed by atoms with van der Waals surface area (Å²) >= 11 is 0. The summed E-state index contributed by atoms with van der Waals surface area (Å²) in [4.78, 5) is 13.9. The van der Waals surface area contributed by atoms with Crippen molar-refractivity contribution in [3.63, 3.8) is 0 Å². The lowest BCUT2D eigenvalue weighted by atomic mass is 10.1. The van der Waals surface area contributed by atoms with Crippen molar-refractivity contribution >= 4 is 11.6 Å². The molecule has 1 saturated heterocycles. The van der Waals surface area contributed by atoms with Gasteiger partial charge in [-0.1, -0.05) is 18.2 Å². The molecule has 19 heavy (non-hydrogen) atoms. The van der Waals surface area contributed by atoms with E-state index in [9.17, 15) is 4.79 Å². The fraction of sp³-hybridized carbons (Fsp3) is 0.533. The van der Waals surface area contributed by atoms with Crippen LogP contribution in [-0.4, -0.2) is 30.6 Å². The van der Waals surface area contributed by atoms with E-state index in [1.807, 2.05) is 31.3 Å². The molecule has 1 aliphatic rings. The molecule has 2 rings (SSSR count). The molecule has 1 fully saturated rings. The number of rotatable bonds is 4. The summed E-state index contributed by atoms with van der Waals surface area (Å²) in [5.41, 5.74) is 7.61. The summed E-state index contributed by atoms with van der Waals surface area (Å²) in [7, 11) is 1.82. The molecule has 0 radical (unpaired) electrons. The molecule has 1 amide bonds. The maximum absolute atomic E-state index is 12.1. The zero-order valence-corrected chi connectivity index (χ0v) is 11.5. The number of anilines is 1. The third-order valence-electron chi connectivity index (χ3n) is 3.56. The Kier molecular flexibility index (Phi) is 4.80. The van der Waals surface area contributed by atoms with Gasteiger partial charge in [0.2, 0.25) is 5.91 Å². The van der Waals surface area contributed by atoms with Crippen LogP contribution in [0.1, 0.15) is 31.2 Å². The third kappa shape index (κ3) is 3.96. The normalized spacial score (nSPS) is 19.1. The first-order chi connectivity index (χ1) is 9.16. The molecule has 1 aliphatic heterocycles. The number of carbonyl (C=O) groups is 1. The Morgan fingerprint density at radius 3 is 2.89 bits per heavy atom. The predicted molar refractivity (Wildman–Crippen MR) is 75.5 cm³/mol. The van der Waals surface area contributed by atoms with E-state index in [1.54, 1.807) is 4.90 Å². The van der Waals surface area contributed by atoms with Gasteiger partial charge >= 0.3 is 0 Å². The molecule has 1 atom stereocenters. The van der Waals surface area contributed by atoms with E-state index in [0.29, 0.717) is 13.0 Å². The summed E-state index contributed by atoms with van der Waals surface area (Å²) in [6.45, 7) is 1.34. The van der Waals surface area contributed by atoms with Crippen LogP contribution < -0.4 is 5.73 Å². The van der Waals surface area contributed by atoms with E-state index >= 15 is 0 Å².